The molecule has 92 valence electrons. The average molecular weight is 238 g/mol. The largest absolute Gasteiger partial charge is 0.481 e. The van der Waals surface area contributed by atoms with Gasteiger partial charge >= 0.3 is 11.9 Å². The summed E-state index contributed by atoms with van der Waals surface area (Å²) < 4.78 is 4.63. The minimum Gasteiger partial charge on any atom is -0.481 e. The summed E-state index contributed by atoms with van der Waals surface area (Å²) >= 11 is 0. The number of anilines is 1. The molecule has 0 saturated carbocycles. The molecule has 1 rings (SSSR count). The molecule has 0 spiro atoms. The first-order valence-corrected chi connectivity index (χ1v) is 5.02. The summed E-state index contributed by atoms with van der Waals surface area (Å²) in [6.07, 6.45) is 1.52. The molecule has 1 aromatic rings. The number of carboxylic acids is 1. The fraction of sp³-hybridized carbons (Fsp3) is 0.364. The zero-order valence-electron chi connectivity index (χ0n) is 9.71. The topological polar surface area (TPSA) is 79.7 Å². The number of hydrogen-bond donors (Lipinski definition) is 1. The van der Waals surface area contributed by atoms with E-state index in [0.29, 0.717) is 11.4 Å². The van der Waals surface area contributed by atoms with Gasteiger partial charge in [0.15, 0.2) is 0 Å². The average Bonchev–Trinajstić information content (AvgIpc) is 2.34. The molecule has 0 fully saturated rings. The van der Waals surface area contributed by atoms with Crippen molar-refractivity contribution in [1.29, 1.82) is 0 Å². The Morgan fingerprint density at radius 1 is 1.53 bits per heavy atom. The Kier molecular flexibility index (Phi) is 4.45. The van der Waals surface area contributed by atoms with Crippen LogP contribution < -0.4 is 4.90 Å². The third kappa shape index (κ3) is 3.44. The first kappa shape index (κ1) is 13.0. The van der Waals surface area contributed by atoms with Crippen LogP contribution in [0.2, 0.25) is 0 Å². The number of carboxylic acid groups (broad SMARTS) is 1. The highest BCUT2D eigenvalue weighted by Crippen LogP contribution is 2.16. The Labute approximate surface area is 98.8 Å². The van der Waals surface area contributed by atoms with Gasteiger partial charge in [0.05, 0.1) is 13.5 Å². The van der Waals surface area contributed by atoms with Crippen LogP contribution in [0.15, 0.2) is 18.3 Å². The molecule has 1 heterocycles. The van der Waals surface area contributed by atoms with Crippen LogP contribution in [0.4, 0.5) is 5.82 Å². The summed E-state index contributed by atoms with van der Waals surface area (Å²) in [6.45, 7) is 0.274. The van der Waals surface area contributed by atoms with Crippen molar-refractivity contribution in [3.05, 3.63) is 23.9 Å². The van der Waals surface area contributed by atoms with Crippen molar-refractivity contribution in [1.82, 2.24) is 4.98 Å². The normalized spacial score (nSPS) is 9.76. The van der Waals surface area contributed by atoms with Crippen LogP contribution in [0, 0.1) is 0 Å². The molecule has 0 amide bonds. The second-order valence-electron chi connectivity index (χ2n) is 3.43. The standard InChI is InChI=1S/C11H14N2O4/c1-13(7-5-9(14)15)10-8(11(16)17-2)4-3-6-12-10/h3-4,6H,5,7H2,1-2H3,(H,14,15). The predicted molar refractivity (Wildman–Crippen MR) is 61.1 cm³/mol. The summed E-state index contributed by atoms with van der Waals surface area (Å²) in [5, 5.41) is 8.60. The summed E-state index contributed by atoms with van der Waals surface area (Å²) in [5.74, 6) is -0.969. The molecular formula is C11H14N2O4. The van der Waals surface area contributed by atoms with Gasteiger partial charge in [-0.1, -0.05) is 0 Å². The number of carbonyl (C=O) groups is 2. The van der Waals surface area contributed by atoms with Gasteiger partial charge in [0.2, 0.25) is 0 Å². The van der Waals surface area contributed by atoms with Crippen LogP contribution in [0.25, 0.3) is 0 Å². The van der Waals surface area contributed by atoms with E-state index in [1.54, 1.807) is 30.3 Å². The Morgan fingerprint density at radius 3 is 2.82 bits per heavy atom. The highest BCUT2D eigenvalue weighted by molar-refractivity contribution is 5.94. The van der Waals surface area contributed by atoms with Gasteiger partial charge in [-0.3, -0.25) is 4.79 Å². The number of hydrogen-bond acceptors (Lipinski definition) is 5. The van der Waals surface area contributed by atoms with Gasteiger partial charge in [0.25, 0.3) is 0 Å². The van der Waals surface area contributed by atoms with E-state index in [1.165, 1.54) is 7.11 Å². The van der Waals surface area contributed by atoms with Gasteiger partial charge in [-0.2, -0.15) is 0 Å². The van der Waals surface area contributed by atoms with E-state index in [2.05, 4.69) is 9.72 Å². The van der Waals surface area contributed by atoms with Crippen molar-refractivity contribution in [2.45, 2.75) is 6.42 Å². The lowest BCUT2D eigenvalue weighted by atomic mass is 10.2. The lowest BCUT2D eigenvalue weighted by Gasteiger charge is -2.19. The first-order chi connectivity index (χ1) is 8.06. The van der Waals surface area contributed by atoms with Gasteiger partial charge < -0.3 is 14.7 Å². The number of ether oxygens (including phenoxy) is 1. The van der Waals surface area contributed by atoms with E-state index >= 15 is 0 Å². The molecule has 6 heteroatoms. The minimum atomic E-state index is -0.896. The van der Waals surface area contributed by atoms with Crippen molar-refractivity contribution in [3.63, 3.8) is 0 Å². The van der Waals surface area contributed by atoms with Crippen LogP contribution in [0.3, 0.4) is 0 Å². The summed E-state index contributed by atoms with van der Waals surface area (Å²) in [4.78, 5) is 27.6. The first-order valence-electron chi connectivity index (χ1n) is 5.02. The molecule has 0 aliphatic heterocycles. The van der Waals surface area contributed by atoms with Crippen LogP contribution in [-0.4, -0.2) is 42.7 Å². The highest BCUT2D eigenvalue weighted by Gasteiger charge is 2.16. The Balaban J connectivity index is 2.88. The number of aliphatic carboxylic acids is 1. The molecule has 0 aliphatic carbocycles. The van der Waals surface area contributed by atoms with E-state index in [9.17, 15) is 9.59 Å². The summed E-state index contributed by atoms with van der Waals surface area (Å²) in [6, 6.07) is 3.21. The Morgan fingerprint density at radius 2 is 2.24 bits per heavy atom. The van der Waals surface area contributed by atoms with Crippen molar-refractivity contribution in [3.8, 4) is 0 Å². The van der Waals surface area contributed by atoms with Crippen LogP contribution in [0.1, 0.15) is 16.8 Å². The lowest BCUT2D eigenvalue weighted by Crippen LogP contribution is -2.24. The maximum Gasteiger partial charge on any atom is 0.341 e. The maximum atomic E-state index is 11.5. The number of esters is 1. The smallest absolute Gasteiger partial charge is 0.341 e. The van der Waals surface area contributed by atoms with E-state index in [1.807, 2.05) is 0 Å². The zero-order chi connectivity index (χ0) is 12.8. The van der Waals surface area contributed by atoms with Gasteiger partial charge in [0.1, 0.15) is 11.4 Å². The number of pyridine rings is 1. The molecule has 0 radical (unpaired) electrons. The zero-order valence-corrected chi connectivity index (χ0v) is 9.71. The lowest BCUT2D eigenvalue weighted by molar-refractivity contribution is -0.136. The molecule has 0 saturated heterocycles. The van der Waals surface area contributed by atoms with E-state index in [-0.39, 0.29) is 13.0 Å². The van der Waals surface area contributed by atoms with Gasteiger partial charge in [0, 0.05) is 19.8 Å². The summed E-state index contributed by atoms with van der Waals surface area (Å²) in [5.41, 5.74) is 0.322. The van der Waals surface area contributed by atoms with Crippen molar-refractivity contribution >= 4 is 17.8 Å². The molecule has 1 aromatic heterocycles. The molecule has 6 nitrogen and oxygen atoms in total. The SMILES string of the molecule is COC(=O)c1cccnc1N(C)CCC(=O)O. The Hall–Kier alpha value is -2.11. The van der Waals surface area contributed by atoms with Gasteiger partial charge in [-0.05, 0) is 12.1 Å². The Bertz CT molecular complexity index is 420. The third-order valence-corrected chi connectivity index (χ3v) is 2.21. The maximum absolute atomic E-state index is 11.5. The molecule has 0 aliphatic rings. The van der Waals surface area contributed by atoms with Crippen molar-refractivity contribution in [2.75, 3.05) is 25.6 Å². The third-order valence-electron chi connectivity index (χ3n) is 2.21. The van der Waals surface area contributed by atoms with E-state index in [4.69, 9.17) is 5.11 Å². The van der Waals surface area contributed by atoms with Crippen molar-refractivity contribution in [2.24, 2.45) is 0 Å². The number of rotatable bonds is 5. The van der Waals surface area contributed by atoms with Crippen LogP contribution in [-0.2, 0) is 9.53 Å². The quantitative estimate of drug-likeness (QED) is 0.763. The number of carbonyl (C=O) groups excluding carboxylic acids is 1. The molecule has 0 atom stereocenters. The number of methoxy groups -OCH3 is 1. The number of nitrogens with zero attached hydrogens (tertiary/aromatic N) is 2. The van der Waals surface area contributed by atoms with Gasteiger partial charge in [-0.15, -0.1) is 0 Å². The fourth-order valence-corrected chi connectivity index (χ4v) is 1.34. The molecule has 0 aromatic carbocycles. The second kappa shape index (κ2) is 5.83. The molecule has 0 unspecified atom stereocenters. The number of aromatic nitrogens is 1. The molecular weight excluding hydrogens is 224 g/mol. The second-order valence-corrected chi connectivity index (χ2v) is 3.43. The highest BCUT2D eigenvalue weighted by atomic mass is 16.5. The molecule has 0 bridgehead atoms. The minimum absolute atomic E-state index is 0.0202. The van der Waals surface area contributed by atoms with Crippen molar-refractivity contribution < 1.29 is 19.4 Å². The van der Waals surface area contributed by atoms with E-state index < -0.39 is 11.9 Å². The molecule has 1 N–H and O–H groups in total. The monoisotopic (exact) mass is 238 g/mol. The fourth-order valence-electron chi connectivity index (χ4n) is 1.34. The van der Waals surface area contributed by atoms with Crippen LogP contribution >= 0.6 is 0 Å². The summed E-state index contributed by atoms with van der Waals surface area (Å²) in [7, 11) is 2.97. The predicted octanol–water partition coefficient (Wildman–Crippen LogP) is 0.779. The van der Waals surface area contributed by atoms with Crippen LogP contribution in [0.5, 0.6) is 0 Å². The van der Waals surface area contributed by atoms with E-state index in [0.717, 1.165) is 0 Å². The van der Waals surface area contributed by atoms with Gasteiger partial charge in [-0.25, -0.2) is 9.78 Å². The molecule has 17 heavy (non-hydrogen) atoms.